The van der Waals surface area contributed by atoms with Crippen LogP contribution in [0.4, 0.5) is 19.0 Å². The van der Waals surface area contributed by atoms with Crippen LogP contribution in [-0.2, 0) is 11.0 Å². The minimum Gasteiger partial charge on any atom is -0.368 e. The molecule has 1 amide bonds. The highest BCUT2D eigenvalue weighted by Crippen LogP contribution is 2.31. The summed E-state index contributed by atoms with van der Waals surface area (Å²) in [6.45, 7) is 1.88. The number of pyridine rings is 1. The van der Waals surface area contributed by atoms with Crippen LogP contribution in [0.2, 0.25) is 5.15 Å². The lowest BCUT2D eigenvalue weighted by molar-refractivity contribution is -0.137. The zero-order valence-corrected chi connectivity index (χ0v) is 10.2. The van der Waals surface area contributed by atoms with E-state index in [4.69, 9.17) is 11.6 Å². The van der Waals surface area contributed by atoms with Crippen molar-refractivity contribution in [2.45, 2.75) is 13.1 Å². The molecule has 4 nitrogen and oxygen atoms in total. The van der Waals surface area contributed by atoms with Crippen molar-refractivity contribution >= 4 is 23.3 Å². The van der Waals surface area contributed by atoms with Gasteiger partial charge in [-0.25, -0.2) is 4.98 Å². The molecule has 0 atom stereocenters. The second-order valence-electron chi connectivity index (χ2n) is 3.47. The average molecular weight is 282 g/mol. The van der Waals surface area contributed by atoms with Crippen molar-refractivity contribution in [3.05, 3.63) is 22.8 Å². The van der Waals surface area contributed by atoms with Crippen molar-refractivity contribution in [1.29, 1.82) is 0 Å². The number of rotatable bonds is 4. The summed E-state index contributed by atoms with van der Waals surface area (Å²) in [5, 5.41) is 4.89. The van der Waals surface area contributed by atoms with Crippen LogP contribution in [0.15, 0.2) is 12.1 Å². The third-order valence-corrected chi connectivity index (χ3v) is 2.12. The van der Waals surface area contributed by atoms with E-state index in [1.165, 1.54) is 6.92 Å². The molecule has 0 aliphatic carbocycles. The standard InChI is InChI=1S/C10H11ClF3N3O/c1-6(18)15-2-3-16-9-5-7(10(12,13)14)4-8(11)17-9/h4-5H,2-3H2,1H3,(H,15,18)(H,16,17). The van der Waals surface area contributed by atoms with Gasteiger partial charge in [0.15, 0.2) is 0 Å². The molecule has 100 valence electrons. The Balaban J connectivity index is 2.66. The lowest BCUT2D eigenvalue weighted by Crippen LogP contribution is -2.26. The van der Waals surface area contributed by atoms with E-state index >= 15 is 0 Å². The fourth-order valence-corrected chi connectivity index (χ4v) is 1.39. The molecule has 1 aromatic heterocycles. The molecule has 0 aliphatic heterocycles. The van der Waals surface area contributed by atoms with Crippen LogP contribution < -0.4 is 10.6 Å². The number of alkyl halides is 3. The minimum absolute atomic E-state index is 0.0141. The zero-order valence-electron chi connectivity index (χ0n) is 9.44. The van der Waals surface area contributed by atoms with Crippen LogP contribution in [-0.4, -0.2) is 24.0 Å². The van der Waals surface area contributed by atoms with Crippen LogP contribution in [0.5, 0.6) is 0 Å². The summed E-state index contributed by atoms with van der Waals surface area (Å²) in [5.41, 5.74) is -0.871. The molecule has 1 rings (SSSR count). The summed E-state index contributed by atoms with van der Waals surface area (Å²) in [6, 6.07) is 1.61. The van der Waals surface area contributed by atoms with Crippen LogP contribution in [0.3, 0.4) is 0 Å². The molecule has 8 heteroatoms. The molecule has 0 fully saturated rings. The van der Waals surface area contributed by atoms with Gasteiger partial charge in [-0.2, -0.15) is 13.2 Å². The van der Waals surface area contributed by atoms with E-state index in [1.54, 1.807) is 0 Å². The largest absolute Gasteiger partial charge is 0.416 e. The lowest BCUT2D eigenvalue weighted by Gasteiger charge is -2.10. The van der Waals surface area contributed by atoms with E-state index in [1.807, 2.05) is 0 Å². The number of aromatic nitrogens is 1. The van der Waals surface area contributed by atoms with Gasteiger partial charge in [-0.1, -0.05) is 11.6 Å². The Hall–Kier alpha value is -1.50. The van der Waals surface area contributed by atoms with Crippen molar-refractivity contribution in [1.82, 2.24) is 10.3 Å². The number of hydrogen-bond acceptors (Lipinski definition) is 3. The lowest BCUT2D eigenvalue weighted by atomic mass is 10.2. The molecule has 1 aromatic rings. The third kappa shape index (κ3) is 4.79. The Kier molecular flexibility index (Phi) is 4.77. The molecule has 0 saturated heterocycles. The summed E-state index contributed by atoms with van der Waals surface area (Å²) in [7, 11) is 0. The summed E-state index contributed by atoms with van der Waals surface area (Å²) in [5.74, 6) is -0.202. The second kappa shape index (κ2) is 5.90. The van der Waals surface area contributed by atoms with Crippen LogP contribution in [0, 0.1) is 0 Å². The number of carbonyl (C=O) groups excluding carboxylic acids is 1. The predicted octanol–water partition coefficient (Wildman–Crippen LogP) is 2.30. The maximum absolute atomic E-state index is 12.5. The number of halogens is 4. The first-order valence-electron chi connectivity index (χ1n) is 5.02. The molecular weight excluding hydrogens is 271 g/mol. The summed E-state index contributed by atoms with van der Waals surface area (Å²) < 4.78 is 37.4. The second-order valence-corrected chi connectivity index (χ2v) is 3.86. The van der Waals surface area contributed by atoms with Gasteiger partial charge in [-0.3, -0.25) is 4.79 Å². The molecule has 18 heavy (non-hydrogen) atoms. The van der Waals surface area contributed by atoms with Crippen molar-refractivity contribution in [3.8, 4) is 0 Å². The number of nitrogens with zero attached hydrogens (tertiary/aromatic N) is 1. The van der Waals surface area contributed by atoms with E-state index in [-0.39, 0.29) is 30.0 Å². The number of anilines is 1. The Bertz CT molecular complexity index is 437. The number of hydrogen-bond donors (Lipinski definition) is 2. The fraction of sp³-hybridized carbons (Fsp3) is 0.400. The van der Waals surface area contributed by atoms with Crippen LogP contribution in [0.1, 0.15) is 12.5 Å². The van der Waals surface area contributed by atoms with Gasteiger partial charge in [0, 0.05) is 20.0 Å². The van der Waals surface area contributed by atoms with E-state index in [9.17, 15) is 18.0 Å². The molecule has 0 saturated carbocycles. The molecular formula is C10H11ClF3N3O. The first-order chi connectivity index (χ1) is 8.29. The highest BCUT2D eigenvalue weighted by atomic mass is 35.5. The predicted molar refractivity (Wildman–Crippen MR) is 61.4 cm³/mol. The highest BCUT2D eigenvalue weighted by molar-refractivity contribution is 6.29. The van der Waals surface area contributed by atoms with E-state index in [0.717, 1.165) is 12.1 Å². The van der Waals surface area contributed by atoms with E-state index in [0.29, 0.717) is 0 Å². The summed E-state index contributed by atoms with van der Waals surface area (Å²) in [4.78, 5) is 14.3. The Labute approximate surface area is 107 Å². The molecule has 0 bridgehead atoms. The van der Waals surface area contributed by atoms with Crippen molar-refractivity contribution in [2.24, 2.45) is 0 Å². The monoisotopic (exact) mass is 281 g/mol. The first kappa shape index (κ1) is 14.6. The third-order valence-electron chi connectivity index (χ3n) is 1.93. The maximum Gasteiger partial charge on any atom is 0.416 e. The normalized spacial score (nSPS) is 11.2. The summed E-state index contributed by atoms with van der Waals surface area (Å²) >= 11 is 5.50. The quantitative estimate of drug-likeness (QED) is 0.658. The summed E-state index contributed by atoms with van der Waals surface area (Å²) in [6.07, 6.45) is -4.47. The topological polar surface area (TPSA) is 54.0 Å². The smallest absolute Gasteiger partial charge is 0.368 e. The van der Waals surface area contributed by atoms with Gasteiger partial charge in [0.2, 0.25) is 5.91 Å². The van der Waals surface area contributed by atoms with Crippen molar-refractivity contribution < 1.29 is 18.0 Å². The van der Waals surface area contributed by atoms with Gasteiger partial charge < -0.3 is 10.6 Å². The van der Waals surface area contributed by atoms with Crippen LogP contribution >= 0.6 is 11.6 Å². The SMILES string of the molecule is CC(=O)NCCNc1cc(C(F)(F)F)cc(Cl)n1. The molecule has 0 aliphatic rings. The van der Waals surface area contributed by atoms with E-state index < -0.39 is 11.7 Å². The molecule has 0 unspecified atom stereocenters. The number of carbonyl (C=O) groups is 1. The Morgan fingerprint density at radius 1 is 1.39 bits per heavy atom. The molecule has 0 spiro atoms. The Morgan fingerprint density at radius 3 is 2.61 bits per heavy atom. The number of nitrogens with one attached hydrogen (secondary N) is 2. The van der Waals surface area contributed by atoms with Crippen molar-refractivity contribution in [2.75, 3.05) is 18.4 Å². The van der Waals surface area contributed by atoms with Gasteiger partial charge in [-0.15, -0.1) is 0 Å². The average Bonchev–Trinajstić information content (AvgIpc) is 2.22. The first-order valence-corrected chi connectivity index (χ1v) is 5.40. The van der Waals surface area contributed by atoms with Crippen LogP contribution in [0.25, 0.3) is 0 Å². The van der Waals surface area contributed by atoms with Gasteiger partial charge in [0.1, 0.15) is 11.0 Å². The van der Waals surface area contributed by atoms with E-state index in [2.05, 4.69) is 15.6 Å². The fourth-order valence-electron chi connectivity index (χ4n) is 1.18. The molecule has 2 N–H and O–H groups in total. The zero-order chi connectivity index (χ0) is 13.8. The highest BCUT2D eigenvalue weighted by Gasteiger charge is 2.31. The molecule has 0 radical (unpaired) electrons. The van der Waals surface area contributed by atoms with Gasteiger partial charge >= 0.3 is 6.18 Å². The van der Waals surface area contributed by atoms with Gasteiger partial charge in [0.05, 0.1) is 5.56 Å². The number of amides is 1. The molecule has 0 aromatic carbocycles. The minimum atomic E-state index is -4.47. The van der Waals surface area contributed by atoms with Gasteiger partial charge in [0.25, 0.3) is 0 Å². The van der Waals surface area contributed by atoms with Gasteiger partial charge in [-0.05, 0) is 12.1 Å². The maximum atomic E-state index is 12.5. The molecule has 1 heterocycles. The van der Waals surface area contributed by atoms with Crippen molar-refractivity contribution in [3.63, 3.8) is 0 Å². The Morgan fingerprint density at radius 2 is 2.06 bits per heavy atom.